The van der Waals surface area contributed by atoms with Crippen LogP contribution >= 0.6 is 0 Å². The molecule has 2 aromatic rings. The Balaban J connectivity index is 1.31. The van der Waals surface area contributed by atoms with Gasteiger partial charge in [-0.1, -0.05) is 12.8 Å². The molecular formula is C30H43FN6O7S. The predicted octanol–water partition coefficient (Wildman–Crippen LogP) is 4.14. The van der Waals surface area contributed by atoms with Gasteiger partial charge in [-0.15, -0.1) is 0 Å². The van der Waals surface area contributed by atoms with E-state index < -0.39 is 39.2 Å². The lowest BCUT2D eigenvalue weighted by atomic mass is 10.0. The third-order valence-corrected chi connectivity index (χ3v) is 8.83. The molecule has 13 nitrogen and oxygen atoms in total. The van der Waals surface area contributed by atoms with Crippen LogP contribution in [0, 0.1) is 5.82 Å². The highest BCUT2D eigenvalue weighted by molar-refractivity contribution is 7.89. The number of rotatable bonds is 12. The number of nitrogens with one attached hydrogen (secondary N) is 3. The number of carbonyl (C=O) groups is 2. The van der Waals surface area contributed by atoms with Crippen molar-refractivity contribution in [3.05, 3.63) is 30.2 Å². The smallest absolute Gasteiger partial charge is 0.407 e. The third kappa shape index (κ3) is 9.01. The molecule has 2 heterocycles. The Hall–Kier alpha value is -3.56. The molecule has 2 aliphatic rings. The normalized spacial score (nSPS) is 19.5. The molecule has 0 spiro atoms. The maximum Gasteiger partial charge on any atom is 0.407 e. The van der Waals surface area contributed by atoms with E-state index in [-0.39, 0.29) is 46.6 Å². The summed E-state index contributed by atoms with van der Waals surface area (Å²) in [4.78, 5) is 34.9. The van der Waals surface area contributed by atoms with Gasteiger partial charge in [-0.05, 0) is 84.9 Å². The third-order valence-electron chi connectivity index (χ3n) is 7.37. The van der Waals surface area contributed by atoms with Gasteiger partial charge in [0, 0.05) is 19.1 Å². The molecule has 0 radical (unpaired) electrons. The number of alkyl carbamates (subject to hydrolysis) is 1. The summed E-state index contributed by atoms with van der Waals surface area (Å²) in [5, 5.41) is 15.5. The van der Waals surface area contributed by atoms with Crippen molar-refractivity contribution in [1.82, 2.24) is 20.0 Å². The molecule has 45 heavy (non-hydrogen) atoms. The number of anilines is 3. The minimum absolute atomic E-state index is 0.0117. The zero-order chi connectivity index (χ0) is 33.0. The molecule has 1 aliphatic carbocycles. The Bertz CT molecular complexity index is 1500. The lowest BCUT2D eigenvalue weighted by Crippen LogP contribution is -2.56. The van der Waals surface area contributed by atoms with Crippen LogP contribution < -0.4 is 25.0 Å². The number of ether oxygens (including phenoxy) is 2. The Kier molecular flexibility index (Phi) is 10.5. The number of aliphatic hydroxyl groups is 1. The number of amides is 2. The van der Waals surface area contributed by atoms with Gasteiger partial charge in [0.05, 0.1) is 22.9 Å². The molecule has 0 bridgehead atoms. The molecule has 248 valence electrons. The van der Waals surface area contributed by atoms with E-state index in [4.69, 9.17) is 9.47 Å². The van der Waals surface area contributed by atoms with Crippen LogP contribution in [0.25, 0.3) is 0 Å². The highest BCUT2D eigenvalue weighted by Crippen LogP contribution is 2.41. The summed E-state index contributed by atoms with van der Waals surface area (Å²) in [6, 6.07) is 3.19. The average Bonchev–Trinajstić information content (AvgIpc) is 3.36. The second-order valence-corrected chi connectivity index (χ2v) is 14.6. The first kappa shape index (κ1) is 34.3. The number of aliphatic hydroxyl groups excluding tert-OH is 1. The number of carbonyl (C=O) groups excluding carboxylic acids is 2. The van der Waals surface area contributed by atoms with Crippen molar-refractivity contribution >= 4 is 39.5 Å². The molecule has 1 saturated carbocycles. The zero-order valence-electron chi connectivity index (χ0n) is 26.4. The van der Waals surface area contributed by atoms with Crippen LogP contribution in [-0.2, 0) is 19.6 Å². The first-order valence-corrected chi connectivity index (χ1v) is 16.6. The van der Waals surface area contributed by atoms with Crippen LogP contribution in [-0.4, -0.2) is 71.9 Å². The number of halogens is 1. The molecule has 0 unspecified atom stereocenters. The second kappa shape index (κ2) is 13.8. The number of hydrogen-bond acceptors (Lipinski definition) is 10. The molecule has 2 amide bonds. The topological polar surface area (TPSA) is 172 Å². The Morgan fingerprint density at radius 2 is 1.89 bits per heavy atom. The highest BCUT2D eigenvalue weighted by Gasteiger charge is 2.46. The molecule has 4 N–H and O–H groups in total. The maximum atomic E-state index is 15.1. The standard InChI is InChI=1S/C30H43FN6O7S/c1-29(2,3)44-28(40)32-14-8-6-7-9-15-34-45(41,42)21-12-13-23(22(31)17-21)35-27-33-18-24-25(36-27)37(19-10-11-20(38)16-19)26(39)30(4,5)43-24/h12-13,17-20,34,38H,6-11,14-16H2,1-5H3,(H,32,40)(H,33,35,36)/t19-,20-/m0/s1. The fraction of sp³-hybridized carbons (Fsp3) is 0.600. The number of fused-ring (bicyclic) bond motifs is 1. The summed E-state index contributed by atoms with van der Waals surface area (Å²) in [7, 11) is -3.95. The molecular weight excluding hydrogens is 607 g/mol. The van der Waals surface area contributed by atoms with Gasteiger partial charge in [0.1, 0.15) is 11.4 Å². The number of aromatic nitrogens is 2. The number of unbranched alkanes of at least 4 members (excludes halogenated alkanes) is 3. The Morgan fingerprint density at radius 1 is 1.18 bits per heavy atom. The maximum absolute atomic E-state index is 15.1. The van der Waals surface area contributed by atoms with Gasteiger partial charge in [0.25, 0.3) is 5.91 Å². The van der Waals surface area contributed by atoms with E-state index in [2.05, 4.69) is 25.3 Å². The lowest BCUT2D eigenvalue weighted by molar-refractivity contribution is -0.133. The number of sulfonamides is 1. The van der Waals surface area contributed by atoms with Crippen molar-refractivity contribution in [2.45, 2.75) is 108 Å². The van der Waals surface area contributed by atoms with Gasteiger partial charge in [-0.3, -0.25) is 9.69 Å². The number of nitrogens with zero attached hydrogens (tertiary/aromatic N) is 3. The van der Waals surface area contributed by atoms with Gasteiger partial charge in [-0.2, -0.15) is 4.98 Å². The van der Waals surface area contributed by atoms with Crippen LogP contribution in [0.15, 0.2) is 29.3 Å². The average molecular weight is 651 g/mol. The van der Waals surface area contributed by atoms with Crippen molar-refractivity contribution in [3.63, 3.8) is 0 Å². The van der Waals surface area contributed by atoms with Crippen LogP contribution in [0.2, 0.25) is 0 Å². The summed E-state index contributed by atoms with van der Waals surface area (Å²) in [5.74, 6) is -0.638. The molecule has 1 aromatic carbocycles. The first-order valence-electron chi connectivity index (χ1n) is 15.2. The van der Waals surface area contributed by atoms with Crippen LogP contribution in [0.4, 0.5) is 26.6 Å². The molecule has 4 rings (SSSR count). The number of benzene rings is 1. The van der Waals surface area contributed by atoms with Gasteiger partial charge in [0.15, 0.2) is 17.2 Å². The minimum Gasteiger partial charge on any atom is -0.472 e. The van der Waals surface area contributed by atoms with E-state index in [1.165, 1.54) is 23.2 Å². The van der Waals surface area contributed by atoms with E-state index in [0.717, 1.165) is 25.3 Å². The molecule has 1 aliphatic heterocycles. The number of hydrogen-bond donors (Lipinski definition) is 4. The second-order valence-electron chi connectivity index (χ2n) is 12.8. The monoisotopic (exact) mass is 650 g/mol. The van der Waals surface area contributed by atoms with Gasteiger partial charge >= 0.3 is 6.09 Å². The largest absolute Gasteiger partial charge is 0.472 e. The minimum atomic E-state index is -3.95. The fourth-order valence-corrected chi connectivity index (χ4v) is 6.25. The van der Waals surface area contributed by atoms with Crippen molar-refractivity contribution in [3.8, 4) is 5.75 Å². The predicted molar refractivity (Wildman–Crippen MR) is 165 cm³/mol. The van der Waals surface area contributed by atoms with Crippen molar-refractivity contribution in [2.75, 3.05) is 23.3 Å². The Morgan fingerprint density at radius 3 is 2.53 bits per heavy atom. The summed E-state index contributed by atoms with van der Waals surface area (Å²) < 4.78 is 54.1. The van der Waals surface area contributed by atoms with Crippen molar-refractivity contribution < 1.29 is 37.0 Å². The summed E-state index contributed by atoms with van der Waals surface area (Å²) in [6.07, 6.45) is 4.80. The van der Waals surface area contributed by atoms with Crippen LogP contribution in [0.1, 0.15) is 79.6 Å². The van der Waals surface area contributed by atoms with Crippen LogP contribution in [0.5, 0.6) is 5.75 Å². The van der Waals surface area contributed by atoms with Crippen molar-refractivity contribution in [2.24, 2.45) is 0 Å². The summed E-state index contributed by atoms with van der Waals surface area (Å²) >= 11 is 0. The molecule has 1 aromatic heterocycles. The molecule has 2 atom stereocenters. The molecule has 1 fully saturated rings. The summed E-state index contributed by atoms with van der Waals surface area (Å²) in [6.45, 7) is 9.31. The van der Waals surface area contributed by atoms with E-state index >= 15 is 4.39 Å². The highest BCUT2D eigenvalue weighted by atomic mass is 32.2. The van der Waals surface area contributed by atoms with E-state index in [0.29, 0.717) is 32.2 Å². The molecule has 15 heteroatoms. The quantitative estimate of drug-likeness (QED) is 0.245. The summed E-state index contributed by atoms with van der Waals surface area (Å²) in [5.41, 5.74) is -1.77. The lowest BCUT2D eigenvalue weighted by Gasteiger charge is -2.40. The van der Waals surface area contributed by atoms with Crippen molar-refractivity contribution in [1.29, 1.82) is 0 Å². The van der Waals surface area contributed by atoms with Gasteiger partial charge < -0.3 is 25.2 Å². The van der Waals surface area contributed by atoms with Crippen LogP contribution in [0.3, 0.4) is 0 Å². The van der Waals surface area contributed by atoms with E-state index in [9.17, 15) is 23.1 Å². The first-order chi connectivity index (χ1) is 21.1. The van der Waals surface area contributed by atoms with E-state index in [1.54, 1.807) is 34.6 Å². The Labute approximate surface area is 263 Å². The molecule has 0 saturated heterocycles. The van der Waals surface area contributed by atoms with Gasteiger partial charge in [0.2, 0.25) is 16.0 Å². The van der Waals surface area contributed by atoms with Gasteiger partial charge in [-0.25, -0.2) is 27.3 Å². The SMILES string of the molecule is CC(C)(C)OC(=O)NCCCCCCNS(=O)(=O)c1ccc(Nc2ncc3c(n2)N([C@H]2CC[C@H](O)C2)C(=O)C(C)(C)O3)c(F)c1. The zero-order valence-corrected chi connectivity index (χ0v) is 27.2. The fourth-order valence-electron chi connectivity index (χ4n) is 5.16. The van der Waals surface area contributed by atoms with E-state index in [1.807, 2.05) is 0 Å².